The van der Waals surface area contributed by atoms with Crippen LogP contribution in [0, 0.1) is 18.8 Å². The first-order chi connectivity index (χ1) is 16.1. The maximum Gasteiger partial charge on any atom is 0.174 e. The number of phenols is 1. The van der Waals surface area contributed by atoms with Crippen molar-refractivity contribution in [1.82, 2.24) is 4.90 Å². The highest BCUT2D eigenvalue weighted by Crippen LogP contribution is 2.63. The Morgan fingerprint density at radius 3 is 3.00 bits per heavy atom. The largest absolute Gasteiger partial charge is 0.504 e. The smallest absolute Gasteiger partial charge is 0.174 e. The van der Waals surface area contributed by atoms with Crippen LogP contribution in [0.1, 0.15) is 47.9 Å². The molecule has 0 amide bonds. The number of ether oxygens (including phenoxy) is 2. The van der Waals surface area contributed by atoms with E-state index in [4.69, 9.17) is 9.47 Å². The molecule has 2 bridgehead atoms. The molecule has 5 heteroatoms. The van der Waals surface area contributed by atoms with E-state index in [0.29, 0.717) is 42.8 Å². The summed E-state index contributed by atoms with van der Waals surface area (Å²) in [6.07, 6.45) is 4.55. The van der Waals surface area contributed by atoms with Crippen LogP contribution in [0.25, 0.3) is 0 Å². The number of ketones is 1. The van der Waals surface area contributed by atoms with Crippen molar-refractivity contribution < 1.29 is 19.4 Å². The van der Waals surface area contributed by atoms with Gasteiger partial charge in [-0.25, -0.2) is 0 Å². The van der Waals surface area contributed by atoms with Crippen LogP contribution < -0.4 is 4.74 Å². The molecule has 3 fully saturated rings. The van der Waals surface area contributed by atoms with Gasteiger partial charge in [0.05, 0.1) is 12.7 Å². The van der Waals surface area contributed by atoms with Crippen LogP contribution in [0.2, 0.25) is 0 Å². The molecule has 6 atom stereocenters. The van der Waals surface area contributed by atoms with Crippen LogP contribution >= 0.6 is 0 Å². The molecule has 2 heterocycles. The monoisotopic (exact) mass is 445 g/mol. The number of rotatable bonds is 5. The first-order valence-corrected chi connectivity index (χ1v) is 12.5. The van der Waals surface area contributed by atoms with Gasteiger partial charge in [0.15, 0.2) is 23.4 Å². The van der Waals surface area contributed by atoms with E-state index in [9.17, 15) is 9.90 Å². The summed E-state index contributed by atoms with van der Waals surface area (Å²) in [6.45, 7) is 4.91. The molecule has 1 saturated heterocycles. The zero-order valence-electron chi connectivity index (χ0n) is 19.1. The molecule has 0 aromatic heterocycles. The molecule has 33 heavy (non-hydrogen) atoms. The number of hydrogen-bond donors (Lipinski definition) is 1. The lowest BCUT2D eigenvalue weighted by molar-refractivity contribution is -0.139. The van der Waals surface area contributed by atoms with Gasteiger partial charge in [-0.1, -0.05) is 30.3 Å². The fraction of sp³-hybridized carbons (Fsp3) is 0.536. The maximum absolute atomic E-state index is 12.9. The second kappa shape index (κ2) is 7.07. The molecular weight excluding hydrogens is 414 g/mol. The van der Waals surface area contributed by atoms with E-state index in [1.165, 1.54) is 16.7 Å². The van der Waals surface area contributed by atoms with E-state index < -0.39 is 6.10 Å². The van der Waals surface area contributed by atoms with Crippen molar-refractivity contribution in [3.63, 3.8) is 0 Å². The van der Waals surface area contributed by atoms with Gasteiger partial charge in [-0.3, -0.25) is 9.69 Å². The number of Topliss-reactive ketones (excluding diaryl/α,β-unsaturated/α-hetero) is 1. The lowest BCUT2D eigenvalue weighted by Gasteiger charge is -2.57. The topological polar surface area (TPSA) is 59.0 Å². The summed E-state index contributed by atoms with van der Waals surface area (Å²) in [6, 6.07) is 12.7. The summed E-state index contributed by atoms with van der Waals surface area (Å²) in [5, 5.41) is 10.5. The Labute approximate surface area is 194 Å². The number of likely N-dealkylation sites (tertiary alicyclic amines) is 1. The van der Waals surface area contributed by atoms with E-state index in [0.717, 1.165) is 44.3 Å². The normalized spacial score (nSPS) is 35.8. The lowest BCUT2D eigenvalue weighted by atomic mass is 9.51. The SMILES string of the molecule is Cc1ccccc1COC1CC1CN1CC[C@]23c4c5ccc(O)c4O[C@H]2C(=O)CC[C@H]3[C@H]1C5. The van der Waals surface area contributed by atoms with Gasteiger partial charge >= 0.3 is 0 Å². The molecule has 172 valence electrons. The second-order valence-electron chi connectivity index (χ2n) is 10.9. The van der Waals surface area contributed by atoms with E-state index in [1.54, 1.807) is 6.07 Å². The van der Waals surface area contributed by atoms with Crippen molar-refractivity contribution in [1.29, 1.82) is 0 Å². The van der Waals surface area contributed by atoms with Gasteiger partial charge in [0.2, 0.25) is 0 Å². The standard InChI is InChI=1S/C28H31NO4/c1-16-4-2-3-5-18(16)15-32-24-13-19(24)14-29-11-10-28-20-7-9-23(31)27(28)33-26-22(30)8-6-17(25(26)28)12-21(20)29/h2-6,8,19-21,24,27,30H,7,9-15H2,1H3/t19?,20-,21+,24?,27-,28-/m0/s1. The number of hydrogen-bond acceptors (Lipinski definition) is 5. The highest BCUT2D eigenvalue weighted by molar-refractivity contribution is 5.89. The van der Waals surface area contributed by atoms with E-state index in [2.05, 4.69) is 42.2 Å². The van der Waals surface area contributed by atoms with E-state index >= 15 is 0 Å². The Bertz CT molecular complexity index is 1140. The number of carbonyl (C=O) groups is 1. The Morgan fingerprint density at radius 2 is 2.12 bits per heavy atom. The molecule has 1 spiro atoms. The number of nitrogens with zero attached hydrogens (tertiary/aromatic N) is 1. The molecule has 2 aliphatic heterocycles. The summed E-state index contributed by atoms with van der Waals surface area (Å²) >= 11 is 0. The average molecular weight is 446 g/mol. The van der Waals surface area contributed by atoms with E-state index in [1.807, 2.05) is 0 Å². The highest BCUT2D eigenvalue weighted by atomic mass is 16.5. The Kier molecular flexibility index (Phi) is 4.29. The molecule has 2 saturated carbocycles. The number of aromatic hydroxyl groups is 1. The molecule has 1 N–H and O–H groups in total. The van der Waals surface area contributed by atoms with Crippen LogP contribution in [0.4, 0.5) is 0 Å². The minimum Gasteiger partial charge on any atom is -0.504 e. The van der Waals surface area contributed by atoms with Gasteiger partial charge in [0.1, 0.15) is 0 Å². The third-order valence-corrected chi connectivity index (χ3v) is 9.26. The summed E-state index contributed by atoms with van der Waals surface area (Å²) in [4.78, 5) is 15.6. The molecular formula is C28H31NO4. The quantitative estimate of drug-likeness (QED) is 0.756. The zero-order valence-corrected chi connectivity index (χ0v) is 19.1. The Hall–Kier alpha value is -2.37. The molecule has 2 unspecified atom stereocenters. The summed E-state index contributed by atoms with van der Waals surface area (Å²) in [5.41, 5.74) is 4.77. The molecule has 5 aliphatic rings. The predicted octanol–water partition coefficient (Wildman–Crippen LogP) is 3.91. The Balaban J connectivity index is 1.11. The zero-order chi connectivity index (χ0) is 22.3. The highest BCUT2D eigenvalue weighted by Gasteiger charge is 2.66. The minimum absolute atomic E-state index is 0.191. The molecule has 2 aromatic carbocycles. The van der Waals surface area contributed by atoms with Crippen LogP contribution in [-0.4, -0.2) is 47.1 Å². The fourth-order valence-electron chi connectivity index (χ4n) is 7.52. The maximum atomic E-state index is 12.9. The summed E-state index contributed by atoms with van der Waals surface area (Å²) in [5.74, 6) is 2.03. The van der Waals surface area contributed by atoms with Crippen molar-refractivity contribution >= 4 is 5.78 Å². The van der Waals surface area contributed by atoms with Crippen molar-refractivity contribution in [3.05, 3.63) is 58.7 Å². The molecule has 5 nitrogen and oxygen atoms in total. The van der Waals surface area contributed by atoms with Gasteiger partial charge in [-0.05, 0) is 67.8 Å². The van der Waals surface area contributed by atoms with Gasteiger partial charge in [0, 0.05) is 35.9 Å². The van der Waals surface area contributed by atoms with Gasteiger partial charge in [-0.15, -0.1) is 0 Å². The summed E-state index contributed by atoms with van der Waals surface area (Å²) < 4.78 is 12.5. The van der Waals surface area contributed by atoms with E-state index in [-0.39, 0.29) is 16.9 Å². The third kappa shape index (κ3) is 2.82. The van der Waals surface area contributed by atoms with Crippen LogP contribution in [-0.2, 0) is 28.0 Å². The van der Waals surface area contributed by atoms with Gasteiger partial charge < -0.3 is 14.6 Å². The van der Waals surface area contributed by atoms with Gasteiger partial charge in [-0.2, -0.15) is 0 Å². The number of aryl methyl sites for hydroxylation is 1. The van der Waals surface area contributed by atoms with Crippen LogP contribution in [0.3, 0.4) is 0 Å². The predicted molar refractivity (Wildman–Crippen MR) is 123 cm³/mol. The van der Waals surface area contributed by atoms with Crippen LogP contribution in [0.5, 0.6) is 11.5 Å². The van der Waals surface area contributed by atoms with Crippen LogP contribution in [0.15, 0.2) is 36.4 Å². The summed E-state index contributed by atoms with van der Waals surface area (Å²) in [7, 11) is 0. The molecule has 7 rings (SSSR count). The first kappa shape index (κ1) is 20.0. The molecule has 3 aliphatic carbocycles. The van der Waals surface area contributed by atoms with Crippen molar-refractivity contribution in [2.45, 2.75) is 69.3 Å². The van der Waals surface area contributed by atoms with Crippen molar-refractivity contribution in [2.75, 3.05) is 13.1 Å². The fourth-order valence-corrected chi connectivity index (χ4v) is 7.52. The number of phenolic OH excluding ortho intramolecular Hbond substituents is 1. The number of benzene rings is 2. The average Bonchev–Trinajstić information content (AvgIpc) is 3.45. The number of carbonyl (C=O) groups excluding carboxylic acids is 1. The molecule has 2 aromatic rings. The third-order valence-electron chi connectivity index (χ3n) is 9.26. The van der Waals surface area contributed by atoms with Crippen molar-refractivity contribution in [2.24, 2.45) is 11.8 Å². The van der Waals surface area contributed by atoms with Crippen molar-refractivity contribution in [3.8, 4) is 11.5 Å². The van der Waals surface area contributed by atoms with Gasteiger partial charge in [0.25, 0.3) is 0 Å². The molecule has 0 radical (unpaired) electrons. The first-order valence-electron chi connectivity index (χ1n) is 12.5. The lowest BCUT2D eigenvalue weighted by Crippen LogP contribution is -2.66. The second-order valence-corrected chi connectivity index (χ2v) is 10.9. The Morgan fingerprint density at radius 1 is 1.24 bits per heavy atom. The minimum atomic E-state index is -0.408. The number of piperidine rings is 1.